The summed E-state index contributed by atoms with van der Waals surface area (Å²) in [6, 6.07) is 0. The zero-order valence-electron chi connectivity index (χ0n) is 34.5. The first-order valence-electron chi connectivity index (χ1n) is 22.2. The van der Waals surface area contributed by atoms with Gasteiger partial charge in [0.1, 0.15) is 19.3 Å². The summed E-state index contributed by atoms with van der Waals surface area (Å²) < 4.78 is 10.3. The Labute approximate surface area is 321 Å². The van der Waals surface area contributed by atoms with E-state index in [0.29, 0.717) is 19.3 Å². The lowest BCUT2D eigenvalue weighted by atomic mass is 9.99. The standard InChI is InChI=1S/C46H84O6/c1-4-6-7-8-21-26-31-36-43(47)37-32-27-24-29-34-39-46(50)52-41-44(48)40-51-45(49)38-33-28-23-20-18-16-14-12-10-9-11-13-15-17-19-22-25-30-35-42(3)5-2/h21,26,31,36,42,44,48H,4-20,22-25,27-30,32-35,37-41H2,1-3H3/b26-21-,36-31+/t42?,44-/m1/s1. The van der Waals surface area contributed by atoms with Crippen LogP contribution >= 0.6 is 0 Å². The molecule has 1 unspecified atom stereocenters. The number of carbonyl (C=O) groups is 3. The minimum atomic E-state index is -1.00. The molecule has 0 aromatic carbocycles. The van der Waals surface area contributed by atoms with Gasteiger partial charge in [-0.2, -0.15) is 0 Å². The van der Waals surface area contributed by atoms with Gasteiger partial charge >= 0.3 is 11.9 Å². The molecule has 0 amide bonds. The second-order valence-corrected chi connectivity index (χ2v) is 15.5. The van der Waals surface area contributed by atoms with E-state index in [9.17, 15) is 19.5 Å². The minimum Gasteiger partial charge on any atom is -0.463 e. The summed E-state index contributed by atoms with van der Waals surface area (Å²) in [7, 11) is 0. The molecule has 0 heterocycles. The molecule has 0 aliphatic carbocycles. The summed E-state index contributed by atoms with van der Waals surface area (Å²) in [5, 5.41) is 10.0. The van der Waals surface area contributed by atoms with Crippen molar-refractivity contribution in [3.05, 3.63) is 24.3 Å². The summed E-state index contributed by atoms with van der Waals surface area (Å²) >= 11 is 0. The van der Waals surface area contributed by atoms with Crippen LogP contribution in [-0.2, 0) is 23.9 Å². The molecule has 0 spiro atoms. The number of rotatable bonds is 40. The molecule has 0 bridgehead atoms. The molecule has 6 nitrogen and oxygen atoms in total. The molecule has 0 aliphatic rings. The lowest BCUT2D eigenvalue weighted by Crippen LogP contribution is -2.25. The average molecular weight is 733 g/mol. The van der Waals surface area contributed by atoms with Crippen molar-refractivity contribution < 1.29 is 29.0 Å². The van der Waals surface area contributed by atoms with Crippen molar-refractivity contribution in [2.45, 2.75) is 232 Å². The van der Waals surface area contributed by atoms with Gasteiger partial charge in [-0.3, -0.25) is 14.4 Å². The predicted molar refractivity (Wildman–Crippen MR) is 219 cm³/mol. The van der Waals surface area contributed by atoms with Crippen molar-refractivity contribution in [2.24, 2.45) is 5.92 Å². The molecule has 0 aromatic heterocycles. The molecule has 6 heteroatoms. The molecular weight excluding hydrogens is 648 g/mol. The van der Waals surface area contributed by atoms with Crippen molar-refractivity contribution in [1.29, 1.82) is 0 Å². The van der Waals surface area contributed by atoms with Gasteiger partial charge in [0.25, 0.3) is 0 Å². The zero-order chi connectivity index (χ0) is 38.2. The molecule has 0 saturated carbocycles. The van der Waals surface area contributed by atoms with E-state index in [0.717, 1.165) is 63.7 Å². The van der Waals surface area contributed by atoms with Crippen LogP contribution in [0, 0.1) is 5.92 Å². The number of unbranched alkanes of at least 4 members (excludes halogenated alkanes) is 24. The summed E-state index contributed by atoms with van der Waals surface area (Å²) in [5.74, 6) is 0.424. The van der Waals surface area contributed by atoms with Gasteiger partial charge in [-0.25, -0.2) is 0 Å². The van der Waals surface area contributed by atoms with Gasteiger partial charge < -0.3 is 14.6 Å². The largest absolute Gasteiger partial charge is 0.463 e. The van der Waals surface area contributed by atoms with Gasteiger partial charge in [0.2, 0.25) is 0 Å². The Morgan fingerprint density at radius 3 is 1.35 bits per heavy atom. The Hall–Kier alpha value is -1.95. The smallest absolute Gasteiger partial charge is 0.305 e. The maximum atomic E-state index is 12.0. The Morgan fingerprint density at radius 1 is 0.519 bits per heavy atom. The first-order chi connectivity index (χ1) is 25.4. The highest BCUT2D eigenvalue weighted by molar-refractivity contribution is 5.89. The Balaban J connectivity index is 3.45. The van der Waals surface area contributed by atoms with Gasteiger partial charge in [0.05, 0.1) is 0 Å². The van der Waals surface area contributed by atoms with E-state index in [1.807, 2.05) is 12.2 Å². The molecular formula is C46H84O6. The van der Waals surface area contributed by atoms with Crippen molar-refractivity contribution in [3.63, 3.8) is 0 Å². The highest BCUT2D eigenvalue weighted by Crippen LogP contribution is 2.17. The third-order valence-corrected chi connectivity index (χ3v) is 10.2. The molecule has 0 saturated heterocycles. The highest BCUT2D eigenvalue weighted by Gasteiger charge is 2.12. The summed E-state index contributed by atoms with van der Waals surface area (Å²) in [6.45, 7) is 6.57. The first kappa shape index (κ1) is 50.1. The fourth-order valence-electron chi connectivity index (χ4n) is 6.40. The summed E-state index contributed by atoms with van der Waals surface area (Å²) in [5.41, 5.74) is 0. The van der Waals surface area contributed by atoms with Crippen molar-refractivity contribution in [1.82, 2.24) is 0 Å². The third-order valence-electron chi connectivity index (χ3n) is 10.2. The van der Waals surface area contributed by atoms with E-state index in [-0.39, 0.29) is 30.9 Å². The predicted octanol–water partition coefficient (Wildman–Crippen LogP) is 13.3. The molecule has 0 fully saturated rings. The number of aliphatic hydroxyl groups excluding tert-OH is 1. The van der Waals surface area contributed by atoms with Gasteiger partial charge in [-0.05, 0) is 44.1 Å². The number of hydrogen-bond acceptors (Lipinski definition) is 6. The first-order valence-corrected chi connectivity index (χ1v) is 22.2. The Morgan fingerprint density at radius 2 is 0.923 bits per heavy atom. The number of ether oxygens (including phenoxy) is 2. The van der Waals surface area contributed by atoms with Gasteiger partial charge in [-0.1, -0.05) is 193 Å². The van der Waals surface area contributed by atoms with Crippen LogP contribution in [0.5, 0.6) is 0 Å². The Bertz CT molecular complexity index is 865. The molecule has 1 N–H and O–H groups in total. The summed E-state index contributed by atoms with van der Waals surface area (Å²) in [4.78, 5) is 35.9. The number of aliphatic hydroxyl groups is 1. The number of allylic oxidation sites excluding steroid dienone is 4. The maximum absolute atomic E-state index is 12.0. The highest BCUT2D eigenvalue weighted by atomic mass is 16.6. The average Bonchev–Trinajstić information content (AvgIpc) is 3.14. The fraction of sp³-hybridized carbons (Fsp3) is 0.848. The van der Waals surface area contributed by atoms with Crippen molar-refractivity contribution in [3.8, 4) is 0 Å². The lowest BCUT2D eigenvalue weighted by molar-refractivity contribution is -0.152. The molecule has 304 valence electrons. The number of esters is 2. The fourth-order valence-corrected chi connectivity index (χ4v) is 6.40. The SMILES string of the molecule is CCCCC/C=C\C=C\C(=O)CCCCCCCC(=O)OC[C@H](O)COC(=O)CCCCCCCCCCCCCCCCCCCCC(C)CC. The van der Waals surface area contributed by atoms with Crippen LogP contribution in [0.2, 0.25) is 0 Å². The molecule has 0 radical (unpaired) electrons. The number of ketones is 1. The molecule has 0 aromatic rings. The van der Waals surface area contributed by atoms with Crippen molar-refractivity contribution >= 4 is 17.7 Å². The van der Waals surface area contributed by atoms with Crippen LogP contribution in [0.4, 0.5) is 0 Å². The molecule has 2 atom stereocenters. The van der Waals surface area contributed by atoms with E-state index < -0.39 is 6.10 Å². The number of carbonyl (C=O) groups excluding carboxylic acids is 3. The molecule has 0 aliphatic heterocycles. The normalized spacial score (nSPS) is 12.8. The third kappa shape index (κ3) is 39.3. The summed E-state index contributed by atoms with van der Waals surface area (Å²) in [6.07, 6.45) is 43.4. The van der Waals surface area contributed by atoms with Gasteiger partial charge in [-0.15, -0.1) is 0 Å². The van der Waals surface area contributed by atoms with E-state index >= 15 is 0 Å². The lowest BCUT2D eigenvalue weighted by Gasteiger charge is -2.12. The number of hydrogen-bond donors (Lipinski definition) is 1. The van der Waals surface area contributed by atoms with Gasteiger partial charge in [0.15, 0.2) is 5.78 Å². The van der Waals surface area contributed by atoms with Crippen LogP contribution in [0.3, 0.4) is 0 Å². The maximum Gasteiger partial charge on any atom is 0.305 e. The monoisotopic (exact) mass is 733 g/mol. The zero-order valence-corrected chi connectivity index (χ0v) is 34.5. The minimum absolute atomic E-state index is 0.145. The second-order valence-electron chi connectivity index (χ2n) is 15.5. The van der Waals surface area contributed by atoms with E-state index in [2.05, 4.69) is 26.8 Å². The van der Waals surface area contributed by atoms with Crippen LogP contribution in [-0.4, -0.2) is 42.1 Å². The van der Waals surface area contributed by atoms with Crippen LogP contribution in [0.1, 0.15) is 226 Å². The molecule has 52 heavy (non-hydrogen) atoms. The van der Waals surface area contributed by atoms with Gasteiger partial charge in [0, 0.05) is 19.3 Å². The Kier molecular flexibility index (Phi) is 38.7. The molecule has 0 rings (SSSR count). The quantitative estimate of drug-likeness (QED) is 0.0292. The van der Waals surface area contributed by atoms with E-state index in [1.165, 1.54) is 128 Å². The van der Waals surface area contributed by atoms with Crippen molar-refractivity contribution in [2.75, 3.05) is 13.2 Å². The van der Waals surface area contributed by atoms with E-state index in [4.69, 9.17) is 9.47 Å². The second kappa shape index (κ2) is 40.2. The van der Waals surface area contributed by atoms with Crippen LogP contribution in [0.15, 0.2) is 24.3 Å². The van der Waals surface area contributed by atoms with E-state index in [1.54, 1.807) is 6.08 Å². The van der Waals surface area contributed by atoms with Crippen LogP contribution in [0.25, 0.3) is 0 Å². The van der Waals surface area contributed by atoms with Crippen LogP contribution < -0.4 is 0 Å². The topological polar surface area (TPSA) is 89.9 Å².